The van der Waals surface area contributed by atoms with Crippen molar-refractivity contribution < 1.29 is 34.2 Å². The third kappa shape index (κ3) is 10.4. The second kappa shape index (κ2) is 14.6. The molecule has 12 nitrogen and oxygen atoms in total. The Morgan fingerprint density at radius 2 is 1.50 bits per heavy atom. The van der Waals surface area contributed by atoms with Crippen LogP contribution in [0.1, 0.15) is 38.2 Å². The zero-order chi connectivity index (χ0) is 25.7. The first-order chi connectivity index (χ1) is 16.0. The molecule has 0 bridgehead atoms. The highest BCUT2D eigenvalue weighted by Gasteiger charge is 2.29. The second-order valence-electron chi connectivity index (χ2n) is 7.87. The molecule has 1 rings (SSSR count). The fourth-order valence-electron chi connectivity index (χ4n) is 3.05. The van der Waals surface area contributed by atoms with Gasteiger partial charge in [-0.05, 0) is 44.7 Å². The van der Waals surface area contributed by atoms with Gasteiger partial charge in [0.25, 0.3) is 0 Å². The Balaban J connectivity index is 2.73. The third-order valence-electron chi connectivity index (χ3n) is 4.96. The molecule has 1 aromatic carbocycles. The number of nitrogens with one attached hydrogen (secondary N) is 3. The lowest BCUT2D eigenvalue weighted by molar-refractivity contribution is -0.143. The van der Waals surface area contributed by atoms with Gasteiger partial charge >= 0.3 is 11.9 Å². The molecule has 0 spiro atoms. The fourth-order valence-corrected chi connectivity index (χ4v) is 3.05. The second-order valence-corrected chi connectivity index (χ2v) is 7.87. The quantitative estimate of drug-likeness (QED) is 0.149. The van der Waals surface area contributed by atoms with Crippen LogP contribution >= 0.6 is 0 Å². The normalized spacial score (nSPS) is 14.2. The van der Waals surface area contributed by atoms with E-state index in [1.54, 1.807) is 30.3 Å². The number of carboxylic acids is 2. The Morgan fingerprint density at radius 1 is 0.882 bits per heavy atom. The van der Waals surface area contributed by atoms with E-state index in [-0.39, 0.29) is 12.8 Å². The number of unbranched alkanes of at least 4 members (excludes halogenated alkanes) is 1. The maximum atomic E-state index is 12.6. The Morgan fingerprint density at radius 3 is 2.06 bits per heavy atom. The number of amides is 3. The molecular formula is C22H33N5O7. The van der Waals surface area contributed by atoms with Crippen molar-refractivity contribution in [2.45, 2.75) is 63.2 Å². The summed E-state index contributed by atoms with van der Waals surface area (Å²) >= 11 is 0. The third-order valence-corrected chi connectivity index (χ3v) is 4.96. The molecule has 0 aliphatic rings. The predicted molar refractivity (Wildman–Crippen MR) is 122 cm³/mol. The first-order valence-electron chi connectivity index (χ1n) is 10.9. The summed E-state index contributed by atoms with van der Waals surface area (Å²) in [5, 5.41) is 25.3. The van der Waals surface area contributed by atoms with Gasteiger partial charge in [0.2, 0.25) is 17.7 Å². The van der Waals surface area contributed by atoms with Crippen LogP contribution in [0, 0.1) is 0 Å². The Bertz CT molecular complexity index is 849. The minimum atomic E-state index is -1.48. The molecule has 0 radical (unpaired) electrons. The summed E-state index contributed by atoms with van der Waals surface area (Å²) in [6.07, 6.45) is 0.684. The minimum absolute atomic E-state index is 0.163. The van der Waals surface area contributed by atoms with Gasteiger partial charge in [0.05, 0.1) is 12.5 Å². The van der Waals surface area contributed by atoms with Gasteiger partial charge in [-0.1, -0.05) is 30.3 Å². The SMILES string of the molecule is CC(NC(=O)C(CC(=O)O)NC(=O)C(N)Cc1ccccc1)C(=O)NC(CCCCN)C(=O)O. The molecule has 12 heteroatoms. The van der Waals surface area contributed by atoms with Crippen molar-refractivity contribution in [2.24, 2.45) is 11.5 Å². The summed E-state index contributed by atoms with van der Waals surface area (Å²) in [5.41, 5.74) is 12.1. The number of nitrogens with two attached hydrogens (primary N) is 2. The molecular weight excluding hydrogens is 446 g/mol. The average Bonchev–Trinajstić information content (AvgIpc) is 2.77. The highest BCUT2D eigenvalue weighted by Crippen LogP contribution is 2.04. The van der Waals surface area contributed by atoms with Crippen LogP contribution < -0.4 is 27.4 Å². The molecule has 0 fully saturated rings. The maximum Gasteiger partial charge on any atom is 0.326 e. The topological polar surface area (TPSA) is 214 Å². The van der Waals surface area contributed by atoms with Crippen molar-refractivity contribution in [3.63, 3.8) is 0 Å². The van der Waals surface area contributed by atoms with Gasteiger partial charge < -0.3 is 37.6 Å². The van der Waals surface area contributed by atoms with Gasteiger partial charge in [-0.25, -0.2) is 4.79 Å². The number of aliphatic carboxylic acids is 2. The number of carboxylic acid groups (broad SMARTS) is 2. The number of carbonyl (C=O) groups excluding carboxylic acids is 3. The van der Waals surface area contributed by atoms with Crippen molar-refractivity contribution in [3.8, 4) is 0 Å². The van der Waals surface area contributed by atoms with Crippen LogP contribution in [0.3, 0.4) is 0 Å². The molecule has 0 saturated carbocycles. The van der Waals surface area contributed by atoms with Crippen LogP contribution in [0.15, 0.2) is 30.3 Å². The van der Waals surface area contributed by atoms with Gasteiger partial charge in [0, 0.05) is 0 Å². The molecule has 0 aromatic heterocycles. The highest BCUT2D eigenvalue weighted by atomic mass is 16.4. The highest BCUT2D eigenvalue weighted by molar-refractivity contribution is 5.95. The van der Waals surface area contributed by atoms with E-state index in [9.17, 15) is 29.1 Å². The summed E-state index contributed by atoms with van der Waals surface area (Å²) in [6, 6.07) is 4.04. The van der Waals surface area contributed by atoms with E-state index in [1.165, 1.54) is 6.92 Å². The van der Waals surface area contributed by atoms with Crippen molar-refractivity contribution in [3.05, 3.63) is 35.9 Å². The van der Waals surface area contributed by atoms with Crippen LogP contribution in [0.4, 0.5) is 0 Å². The number of hydrogen-bond acceptors (Lipinski definition) is 7. The standard InChI is InChI=1S/C22H33N5O7/c1-13(19(30)26-16(22(33)34)9-5-6-10-23)25-21(32)17(12-18(28)29)27-20(31)15(24)11-14-7-3-2-4-8-14/h2-4,7-8,13,15-17H,5-6,9-12,23-24H2,1H3,(H,25,32)(H,26,30)(H,27,31)(H,28,29)(H,33,34). The predicted octanol–water partition coefficient (Wildman–Crippen LogP) is -1.28. The van der Waals surface area contributed by atoms with E-state index in [4.69, 9.17) is 16.6 Å². The van der Waals surface area contributed by atoms with Crippen molar-refractivity contribution in [2.75, 3.05) is 6.54 Å². The monoisotopic (exact) mass is 479 g/mol. The molecule has 4 unspecified atom stereocenters. The van der Waals surface area contributed by atoms with Crippen LogP contribution in [0.25, 0.3) is 0 Å². The molecule has 0 heterocycles. The largest absolute Gasteiger partial charge is 0.481 e. The van der Waals surface area contributed by atoms with Crippen molar-refractivity contribution in [1.82, 2.24) is 16.0 Å². The maximum absolute atomic E-state index is 12.6. The van der Waals surface area contributed by atoms with Gasteiger partial charge in [-0.3, -0.25) is 19.2 Å². The fraction of sp³-hybridized carbons (Fsp3) is 0.500. The zero-order valence-electron chi connectivity index (χ0n) is 19.0. The molecule has 9 N–H and O–H groups in total. The Labute approximate surface area is 197 Å². The lowest BCUT2D eigenvalue weighted by atomic mass is 10.1. The Hall–Kier alpha value is -3.51. The number of benzene rings is 1. The van der Waals surface area contributed by atoms with E-state index < -0.39 is 60.2 Å². The van der Waals surface area contributed by atoms with Crippen LogP contribution in [0.5, 0.6) is 0 Å². The van der Waals surface area contributed by atoms with Crippen LogP contribution in [-0.4, -0.2) is 70.6 Å². The minimum Gasteiger partial charge on any atom is -0.481 e. The summed E-state index contributed by atoms with van der Waals surface area (Å²) in [6.45, 7) is 1.70. The molecule has 0 aliphatic heterocycles. The molecule has 0 aliphatic carbocycles. The van der Waals surface area contributed by atoms with Crippen LogP contribution in [0.2, 0.25) is 0 Å². The first-order valence-corrected chi connectivity index (χ1v) is 10.9. The molecule has 34 heavy (non-hydrogen) atoms. The van der Waals surface area contributed by atoms with E-state index in [1.807, 2.05) is 0 Å². The van der Waals surface area contributed by atoms with Gasteiger partial charge in [-0.15, -0.1) is 0 Å². The van der Waals surface area contributed by atoms with Gasteiger partial charge in [0.1, 0.15) is 18.1 Å². The average molecular weight is 480 g/mol. The van der Waals surface area contributed by atoms with Crippen molar-refractivity contribution in [1.29, 1.82) is 0 Å². The number of rotatable bonds is 15. The Kier molecular flexibility index (Phi) is 12.2. The van der Waals surface area contributed by atoms with E-state index >= 15 is 0 Å². The number of hydrogen-bond donors (Lipinski definition) is 7. The molecule has 4 atom stereocenters. The van der Waals surface area contributed by atoms with Crippen LogP contribution in [-0.2, 0) is 30.4 Å². The van der Waals surface area contributed by atoms with Crippen molar-refractivity contribution >= 4 is 29.7 Å². The summed E-state index contributed by atoms with van der Waals surface area (Å²) in [4.78, 5) is 60.0. The van der Waals surface area contributed by atoms with Gasteiger partial charge in [0.15, 0.2) is 0 Å². The van der Waals surface area contributed by atoms with E-state index in [0.717, 1.165) is 5.56 Å². The lowest BCUT2D eigenvalue weighted by Gasteiger charge is -2.23. The zero-order valence-corrected chi connectivity index (χ0v) is 19.0. The summed E-state index contributed by atoms with van der Waals surface area (Å²) in [5.74, 6) is -4.99. The van der Waals surface area contributed by atoms with Gasteiger partial charge in [-0.2, -0.15) is 0 Å². The first kappa shape index (κ1) is 28.5. The molecule has 0 saturated heterocycles. The number of carbonyl (C=O) groups is 5. The summed E-state index contributed by atoms with van der Waals surface area (Å²) in [7, 11) is 0. The molecule has 3 amide bonds. The molecule has 188 valence electrons. The smallest absolute Gasteiger partial charge is 0.326 e. The van der Waals surface area contributed by atoms with E-state index in [0.29, 0.717) is 19.4 Å². The lowest BCUT2D eigenvalue weighted by Crippen LogP contribution is -2.56. The van der Waals surface area contributed by atoms with E-state index in [2.05, 4.69) is 16.0 Å². The molecule has 1 aromatic rings. The summed E-state index contributed by atoms with van der Waals surface area (Å²) < 4.78 is 0.